The predicted octanol–water partition coefficient (Wildman–Crippen LogP) is 2.68. The van der Waals surface area contributed by atoms with E-state index in [2.05, 4.69) is 24.5 Å². The SMILES string of the molecule is [C-]#[N+][C@@H]1CCC[C@@H]1O[Si](C)(C)C. The van der Waals surface area contributed by atoms with Gasteiger partial charge in [-0.2, -0.15) is 0 Å². The largest absolute Gasteiger partial charge is 0.407 e. The van der Waals surface area contributed by atoms with Gasteiger partial charge in [-0.3, -0.25) is 0 Å². The quantitative estimate of drug-likeness (QED) is 0.474. The molecule has 1 fully saturated rings. The van der Waals surface area contributed by atoms with Crippen molar-refractivity contribution in [1.82, 2.24) is 0 Å². The molecule has 12 heavy (non-hydrogen) atoms. The molecule has 0 aromatic carbocycles. The van der Waals surface area contributed by atoms with Gasteiger partial charge in [0.15, 0.2) is 8.32 Å². The van der Waals surface area contributed by atoms with Crippen molar-refractivity contribution in [2.75, 3.05) is 0 Å². The molecule has 0 aliphatic heterocycles. The van der Waals surface area contributed by atoms with E-state index in [0.717, 1.165) is 12.8 Å². The van der Waals surface area contributed by atoms with Gasteiger partial charge in [0.2, 0.25) is 6.04 Å². The Kier molecular flexibility index (Phi) is 2.92. The third kappa shape index (κ3) is 2.61. The summed E-state index contributed by atoms with van der Waals surface area (Å²) in [7, 11) is -1.42. The van der Waals surface area contributed by atoms with E-state index in [0.29, 0.717) is 0 Å². The van der Waals surface area contributed by atoms with E-state index in [4.69, 9.17) is 11.0 Å². The summed E-state index contributed by atoms with van der Waals surface area (Å²) in [5.41, 5.74) is 0. The summed E-state index contributed by atoms with van der Waals surface area (Å²) in [5.74, 6) is 0. The second kappa shape index (κ2) is 3.59. The molecule has 2 atom stereocenters. The zero-order valence-corrected chi connectivity index (χ0v) is 9.13. The molecular formula is C9H17NOSi. The Bertz CT molecular complexity index is 192. The van der Waals surface area contributed by atoms with Crippen LogP contribution in [0.4, 0.5) is 0 Å². The van der Waals surface area contributed by atoms with Crippen molar-refractivity contribution < 1.29 is 4.43 Å². The summed E-state index contributed by atoms with van der Waals surface area (Å²) in [6.45, 7) is 13.6. The first kappa shape index (κ1) is 9.75. The van der Waals surface area contributed by atoms with Crippen LogP contribution in [0.25, 0.3) is 4.85 Å². The van der Waals surface area contributed by atoms with Gasteiger partial charge in [-0.25, -0.2) is 6.57 Å². The molecule has 0 amide bonds. The molecule has 3 heteroatoms. The molecule has 0 bridgehead atoms. The van der Waals surface area contributed by atoms with Gasteiger partial charge >= 0.3 is 0 Å². The molecule has 0 heterocycles. The van der Waals surface area contributed by atoms with Gasteiger partial charge in [0.1, 0.15) is 6.10 Å². The normalized spacial score (nSPS) is 30.2. The van der Waals surface area contributed by atoms with Gasteiger partial charge in [-0.1, -0.05) is 0 Å². The number of hydrogen-bond donors (Lipinski definition) is 0. The predicted molar refractivity (Wildman–Crippen MR) is 52.5 cm³/mol. The van der Waals surface area contributed by atoms with Crippen molar-refractivity contribution in [2.24, 2.45) is 0 Å². The molecule has 0 radical (unpaired) electrons. The molecule has 1 aliphatic carbocycles. The minimum atomic E-state index is -1.42. The van der Waals surface area contributed by atoms with Gasteiger partial charge in [-0.05, 0) is 32.5 Å². The summed E-state index contributed by atoms with van der Waals surface area (Å²) in [6.07, 6.45) is 3.55. The maximum Gasteiger partial charge on any atom is 0.248 e. The first-order valence-corrected chi connectivity index (χ1v) is 7.98. The smallest absolute Gasteiger partial charge is 0.248 e. The fraction of sp³-hybridized carbons (Fsp3) is 0.889. The van der Waals surface area contributed by atoms with Crippen molar-refractivity contribution in [2.45, 2.75) is 51.0 Å². The van der Waals surface area contributed by atoms with Crippen LogP contribution >= 0.6 is 0 Å². The highest BCUT2D eigenvalue weighted by molar-refractivity contribution is 6.69. The maximum absolute atomic E-state index is 7.00. The van der Waals surface area contributed by atoms with Gasteiger partial charge in [-0.15, -0.1) is 0 Å². The van der Waals surface area contributed by atoms with E-state index in [1.807, 2.05) is 0 Å². The summed E-state index contributed by atoms with van der Waals surface area (Å²) in [4.78, 5) is 3.60. The Morgan fingerprint density at radius 1 is 1.33 bits per heavy atom. The highest BCUT2D eigenvalue weighted by atomic mass is 28.4. The topological polar surface area (TPSA) is 13.6 Å². The van der Waals surface area contributed by atoms with Gasteiger partial charge in [0.05, 0.1) is 0 Å². The Balaban J connectivity index is 2.48. The molecule has 0 aromatic heterocycles. The van der Waals surface area contributed by atoms with Crippen LogP contribution in [0, 0.1) is 6.57 Å². The molecule has 1 aliphatic rings. The third-order valence-corrected chi connectivity index (χ3v) is 3.10. The van der Waals surface area contributed by atoms with Crippen LogP contribution in [0.1, 0.15) is 19.3 Å². The van der Waals surface area contributed by atoms with E-state index < -0.39 is 8.32 Å². The molecule has 2 nitrogen and oxygen atoms in total. The Morgan fingerprint density at radius 2 is 2.00 bits per heavy atom. The van der Waals surface area contributed by atoms with E-state index in [1.54, 1.807) is 0 Å². The van der Waals surface area contributed by atoms with E-state index in [1.165, 1.54) is 6.42 Å². The zero-order chi connectivity index (χ0) is 9.19. The monoisotopic (exact) mass is 183 g/mol. The van der Waals surface area contributed by atoms with Gasteiger partial charge in [0.25, 0.3) is 0 Å². The molecule has 0 unspecified atom stereocenters. The summed E-state index contributed by atoms with van der Waals surface area (Å²) in [6, 6.07) is 0.150. The van der Waals surface area contributed by atoms with Crippen LogP contribution in [0.15, 0.2) is 0 Å². The van der Waals surface area contributed by atoms with Crippen molar-refractivity contribution in [3.05, 3.63) is 11.4 Å². The van der Waals surface area contributed by atoms with E-state index >= 15 is 0 Å². The second-order valence-electron chi connectivity index (χ2n) is 4.40. The highest BCUT2D eigenvalue weighted by Crippen LogP contribution is 2.27. The zero-order valence-electron chi connectivity index (χ0n) is 8.13. The minimum absolute atomic E-state index is 0.150. The summed E-state index contributed by atoms with van der Waals surface area (Å²) in [5, 5.41) is 0. The lowest BCUT2D eigenvalue weighted by molar-refractivity contribution is 0.196. The summed E-state index contributed by atoms with van der Waals surface area (Å²) < 4.78 is 5.93. The molecule has 0 spiro atoms. The van der Waals surface area contributed by atoms with E-state index in [-0.39, 0.29) is 12.1 Å². The maximum atomic E-state index is 7.00. The first-order chi connectivity index (χ1) is 5.53. The number of hydrogen-bond acceptors (Lipinski definition) is 1. The van der Waals surface area contributed by atoms with Crippen molar-refractivity contribution in [3.63, 3.8) is 0 Å². The molecule has 1 saturated carbocycles. The average Bonchev–Trinajstić information content (AvgIpc) is 2.31. The van der Waals surface area contributed by atoms with Crippen molar-refractivity contribution >= 4 is 8.32 Å². The Hall–Kier alpha value is -0.333. The second-order valence-corrected chi connectivity index (χ2v) is 8.86. The fourth-order valence-electron chi connectivity index (χ4n) is 1.65. The van der Waals surface area contributed by atoms with Crippen LogP contribution in [0.5, 0.6) is 0 Å². The number of rotatable bonds is 2. The van der Waals surface area contributed by atoms with Crippen LogP contribution in [-0.4, -0.2) is 20.5 Å². The number of nitrogens with zero attached hydrogens (tertiary/aromatic N) is 1. The summed E-state index contributed by atoms with van der Waals surface area (Å²) >= 11 is 0. The van der Waals surface area contributed by atoms with Crippen LogP contribution < -0.4 is 0 Å². The van der Waals surface area contributed by atoms with E-state index in [9.17, 15) is 0 Å². The average molecular weight is 183 g/mol. The molecule has 0 N–H and O–H groups in total. The van der Waals surface area contributed by atoms with Crippen LogP contribution in [-0.2, 0) is 4.43 Å². The third-order valence-electron chi connectivity index (χ3n) is 2.09. The molecular weight excluding hydrogens is 166 g/mol. The lowest BCUT2D eigenvalue weighted by atomic mass is 10.2. The lowest BCUT2D eigenvalue weighted by Crippen LogP contribution is -2.34. The van der Waals surface area contributed by atoms with Crippen molar-refractivity contribution in [3.8, 4) is 0 Å². The Labute approximate surface area is 75.9 Å². The standard InChI is InChI=1S/C9H17NOSi/c1-10-8-6-5-7-9(8)11-12(2,3)4/h8-9H,5-7H2,2-4H3/t8-,9+/m1/s1. The molecule has 1 rings (SSSR count). The molecule has 0 saturated heterocycles. The van der Waals surface area contributed by atoms with Gasteiger partial charge < -0.3 is 9.27 Å². The Morgan fingerprint density at radius 3 is 2.50 bits per heavy atom. The van der Waals surface area contributed by atoms with Crippen LogP contribution in [0.2, 0.25) is 19.6 Å². The van der Waals surface area contributed by atoms with Crippen LogP contribution in [0.3, 0.4) is 0 Å². The minimum Gasteiger partial charge on any atom is -0.407 e. The first-order valence-electron chi connectivity index (χ1n) is 4.57. The molecule has 0 aromatic rings. The van der Waals surface area contributed by atoms with Gasteiger partial charge in [0, 0.05) is 6.42 Å². The molecule has 68 valence electrons. The fourth-order valence-corrected chi connectivity index (χ4v) is 2.83. The lowest BCUT2D eigenvalue weighted by Gasteiger charge is -2.22. The highest BCUT2D eigenvalue weighted by Gasteiger charge is 2.35. The van der Waals surface area contributed by atoms with Crippen molar-refractivity contribution in [1.29, 1.82) is 0 Å².